The number of benzene rings is 3. The molecule has 0 spiro atoms. The van der Waals surface area contributed by atoms with Crippen molar-refractivity contribution in [3.8, 4) is 11.1 Å². The molecule has 7 heteroatoms. The Morgan fingerprint density at radius 3 is 2.50 bits per heavy atom. The predicted molar refractivity (Wildman–Crippen MR) is 118 cm³/mol. The smallest absolute Gasteiger partial charge is 0.395 e. The molecule has 1 aliphatic rings. The van der Waals surface area contributed by atoms with Crippen LogP contribution >= 0.6 is 0 Å². The van der Waals surface area contributed by atoms with Crippen LogP contribution in [0.4, 0.5) is 13.2 Å². The summed E-state index contributed by atoms with van der Waals surface area (Å²) in [6.45, 7) is 4.50. The van der Waals surface area contributed by atoms with Gasteiger partial charge in [0.2, 0.25) is 0 Å². The molecule has 1 amide bonds. The summed E-state index contributed by atoms with van der Waals surface area (Å²) in [4.78, 5) is 14.9. The van der Waals surface area contributed by atoms with Gasteiger partial charge in [-0.1, -0.05) is 36.4 Å². The van der Waals surface area contributed by atoms with E-state index < -0.39 is 11.7 Å². The van der Waals surface area contributed by atoms with Gasteiger partial charge in [-0.15, -0.1) is 0 Å². The number of hydrogen-bond donors (Lipinski definition) is 2. The molecule has 0 saturated carbocycles. The number of carbonyl (C=O) groups is 1. The lowest BCUT2D eigenvalue weighted by atomic mass is 9.92. The largest absolute Gasteiger partial charge is 0.416 e. The molecule has 1 fully saturated rings. The number of aliphatic hydroxyl groups is 1. The number of nitrogens with one attached hydrogen (secondary N) is 1. The Kier molecular flexibility index (Phi) is 6.22. The van der Waals surface area contributed by atoms with E-state index in [1.807, 2.05) is 37.3 Å². The predicted octanol–water partition coefficient (Wildman–Crippen LogP) is 4.57. The van der Waals surface area contributed by atoms with Crippen molar-refractivity contribution in [2.24, 2.45) is 5.92 Å². The number of aliphatic hydroxyl groups excluding tert-OH is 1. The Hall–Kier alpha value is -2.90. The minimum absolute atomic E-state index is 0.0200. The lowest BCUT2D eigenvalue weighted by Crippen LogP contribution is -2.56. The molecule has 168 valence electrons. The number of amides is 1. The van der Waals surface area contributed by atoms with Crippen LogP contribution in [0.3, 0.4) is 0 Å². The van der Waals surface area contributed by atoms with E-state index in [0.29, 0.717) is 23.6 Å². The molecule has 1 heterocycles. The molecule has 0 radical (unpaired) electrons. The average molecular weight is 442 g/mol. The summed E-state index contributed by atoms with van der Waals surface area (Å²) < 4.78 is 38.6. The number of likely N-dealkylation sites (tertiary alicyclic amines) is 1. The Labute approximate surface area is 184 Å². The second kappa shape index (κ2) is 8.92. The van der Waals surface area contributed by atoms with Crippen molar-refractivity contribution < 1.29 is 23.1 Å². The van der Waals surface area contributed by atoms with Crippen molar-refractivity contribution in [2.75, 3.05) is 26.2 Å². The monoisotopic (exact) mass is 442 g/mol. The van der Waals surface area contributed by atoms with Crippen molar-refractivity contribution in [1.82, 2.24) is 10.2 Å². The molecule has 0 aromatic heterocycles. The highest BCUT2D eigenvalue weighted by Crippen LogP contribution is 2.33. The number of β-amino-alcohol motifs (C(OH)–C–C–N with tert-alkyl or cyclic N) is 1. The van der Waals surface area contributed by atoms with E-state index in [0.717, 1.165) is 41.6 Å². The first kappa shape index (κ1) is 22.3. The molecule has 1 saturated heterocycles. The van der Waals surface area contributed by atoms with Gasteiger partial charge in [0, 0.05) is 37.2 Å². The van der Waals surface area contributed by atoms with Gasteiger partial charge < -0.3 is 15.3 Å². The Bertz CT molecular complexity index is 1110. The van der Waals surface area contributed by atoms with Crippen LogP contribution in [0, 0.1) is 5.92 Å². The van der Waals surface area contributed by atoms with E-state index >= 15 is 0 Å². The maximum absolute atomic E-state index is 12.9. The summed E-state index contributed by atoms with van der Waals surface area (Å²) in [6.07, 6.45) is -4.37. The standard InChI is InChI=1S/C25H25F3N2O2/c1-16(20-14-30(15-20)11-12-31)29-24(32)19-7-10-23-18(13-19)3-2-4-22(23)17-5-8-21(9-6-17)25(26,27)28/h2-10,13,16,20,31H,11-12,14-15H2,1H3,(H,29,32). The third-order valence-corrected chi connectivity index (χ3v) is 6.13. The second-order valence-electron chi connectivity index (χ2n) is 8.32. The molecule has 32 heavy (non-hydrogen) atoms. The van der Waals surface area contributed by atoms with Gasteiger partial charge in [0.1, 0.15) is 0 Å². The molecule has 3 aromatic rings. The molecule has 0 aliphatic carbocycles. The van der Waals surface area contributed by atoms with Crippen LogP contribution in [-0.4, -0.2) is 48.2 Å². The van der Waals surface area contributed by atoms with E-state index in [-0.39, 0.29) is 18.6 Å². The minimum Gasteiger partial charge on any atom is -0.395 e. The second-order valence-corrected chi connectivity index (χ2v) is 8.32. The average Bonchev–Trinajstić information content (AvgIpc) is 2.74. The molecule has 1 aliphatic heterocycles. The van der Waals surface area contributed by atoms with Gasteiger partial charge in [0.25, 0.3) is 5.91 Å². The molecule has 1 unspecified atom stereocenters. The third kappa shape index (κ3) is 4.64. The first-order valence-corrected chi connectivity index (χ1v) is 10.6. The highest BCUT2D eigenvalue weighted by atomic mass is 19.4. The summed E-state index contributed by atoms with van der Waals surface area (Å²) >= 11 is 0. The SMILES string of the molecule is CC(NC(=O)c1ccc2c(-c3ccc(C(F)(F)F)cc3)cccc2c1)C1CN(CCO)C1. The lowest BCUT2D eigenvalue weighted by Gasteiger charge is -2.42. The van der Waals surface area contributed by atoms with E-state index in [1.54, 1.807) is 6.07 Å². The van der Waals surface area contributed by atoms with Crippen LogP contribution in [0.2, 0.25) is 0 Å². The van der Waals surface area contributed by atoms with Gasteiger partial charge >= 0.3 is 6.18 Å². The van der Waals surface area contributed by atoms with Crippen LogP contribution in [0.25, 0.3) is 21.9 Å². The van der Waals surface area contributed by atoms with Crippen molar-refractivity contribution in [2.45, 2.75) is 19.1 Å². The molecular formula is C25H25F3N2O2. The summed E-state index contributed by atoms with van der Waals surface area (Å²) in [6, 6.07) is 16.1. The minimum atomic E-state index is -4.37. The molecule has 1 atom stereocenters. The lowest BCUT2D eigenvalue weighted by molar-refractivity contribution is -0.137. The number of halogens is 3. The summed E-state index contributed by atoms with van der Waals surface area (Å²) in [7, 11) is 0. The topological polar surface area (TPSA) is 52.6 Å². The number of carbonyl (C=O) groups excluding carboxylic acids is 1. The highest BCUT2D eigenvalue weighted by molar-refractivity contribution is 6.02. The fraction of sp³-hybridized carbons (Fsp3) is 0.320. The Morgan fingerprint density at radius 1 is 1.12 bits per heavy atom. The fourth-order valence-corrected chi connectivity index (χ4v) is 4.17. The van der Waals surface area contributed by atoms with Crippen LogP contribution in [0.5, 0.6) is 0 Å². The normalized spacial score (nSPS) is 16.0. The van der Waals surface area contributed by atoms with Gasteiger partial charge in [-0.3, -0.25) is 4.79 Å². The Morgan fingerprint density at radius 2 is 1.84 bits per heavy atom. The van der Waals surface area contributed by atoms with Crippen molar-refractivity contribution in [3.63, 3.8) is 0 Å². The zero-order valence-electron chi connectivity index (χ0n) is 17.7. The van der Waals surface area contributed by atoms with E-state index in [1.165, 1.54) is 12.1 Å². The summed E-state index contributed by atoms with van der Waals surface area (Å²) in [5.41, 5.74) is 1.36. The van der Waals surface area contributed by atoms with E-state index in [4.69, 9.17) is 5.11 Å². The molecule has 4 rings (SSSR count). The van der Waals surface area contributed by atoms with Gasteiger partial charge in [0.15, 0.2) is 0 Å². The van der Waals surface area contributed by atoms with E-state index in [9.17, 15) is 18.0 Å². The van der Waals surface area contributed by atoms with Gasteiger partial charge in [-0.05, 0) is 53.1 Å². The van der Waals surface area contributed by atoms with Crippen molar-refractivity contribution in [3.05, 3.63) is 71.8 Å². The van der Waals surface area contributed by atoms with Crippen molar-refractivity contribution in [1.29, 1.82) is 0 Å². The van der Waals surface area contributed by atoms with E-state index in [2.05, 4.69) is 10.2 Å². The highest BCUT2D eigenvalue weighted by Gasteiger charge is 2.32. The van der Waals surface area contributed by atoms with Crippen LogP contribution in [0.15, 0.2) is 60.7 Å². The number of fused-ring (bicyclic) bond motifs is 1. The quantitative estimate of drug-likeness (QED) is 0.588. The first-order valence-electron chi connectivity index (χ1n) is 10.6. The molecule has 2 N–H and O–H groups in total. The third-order valence-electron chi connectivity index (χ3n) is 6.13. The zero-order chi connectivity index (χ0) is 22.9. The number of alkyl halides is 3. The molecule has 3 aromatic carbocycles. The maximum Gasteiger partial charge on any atom is 0.416 e. The number of hydrogen-bond acceptors (Lipinski definition) is 3. The van der Waals surface area contributed by atoms with Gasteiger partial charge in [-0.25, -0.2) is 0 Å². The number of rotatable bonds is 6. The first-order chi connectivity index (χ1) is 15.3. The van der Waals surface area contributed by atoms with Crippen molar-refractivity contribution >= 4 is 16.7 Å². The fourth-order valence-electron chi connectivity index (χ4n) is 4.17. The van der Waals surface area contributed by atoms with Crippen LogP contribution in [0.1, 0.15) is 22.8 Å². The zero-order valence-corrected chi connectivity index (χ0v) is 17.7. The Balaban J connectivity index is 1.51. The van der Waals surface area contributed by atoms with Gasteiger partial charge in [0.05, 0.1) is 12.2 Å². The summed E-state index contributed by atoms with van der Waals surface area (Å²) in [5.74, 6) is 0.206. The van der Waals surface area contributed by atoms with Crippen LogP contribution in [-0.2, 0) is 6.18 Å². The molecular weight excluding hydrogens is 417 g/mol. The molecule has 4 nitrogen and oxygen atoms in total. The number of nitrogens with zero attached hydrogens (tertiary/aromatic N) is 1. The molecule has 0 bridgehead atoms. The maximum atomic E-state index is 12.9. The summed E-state index contributed by atoms with van der Waals surface area (Å²) in [5, 5.41) is 13.8. The van der Waals surface area contributed by atoms with Gasteiger partial charge in [-0.2, -0.15) is 13.2 Å². The van der Waals surface area contributed by atoms with Crippen LogP contribution < -0.4 is 5.32 Å².